The Morgan fingerprint density at radius 2 is 1.23 bits per heavy atom. The molecule has 0 saturated heterocycles. The highest BCUT2D eigenvalue weighted by Gasteiger charge is 2.29. The molecule has 2 aromatic heterocycles. The predicted octanol–water partition coefficient (Wildman–Crippen LogP) is 10.8. The summed E-state index contributed by atoms with van der Waals surface area (Å²) in [5, 5.41) is 10.4. The van der Waals surface area contributed by atoms with Crippen molar-refractivity contribution < 1.29 is 8.83 Å². The molecule has 0 spiro atoms. The molecule has 1 atom stereocenters. The summed E-state index contributed by atoms with van der Waals surface area (Å²) in [5.41, 5.74) is 11.2. The van der Waals surface area contributed by atoms with Crippen LogP contribution in [0.5, 0.6) is 0 Å². The number of rotatable bonds is 3. The third-order valence-electron chi connectivity index (χ3n) is 9.89. The third-order valence-corrected chi connectivity index (χ3v) is 9.89. The van der Waals surface area contributed by atoms with Crippen molar-refractivity contribution in [1.82, 2.24) is 5.32 Å². The Labute approximate surface area is 274 Å². The van der Waals surface area contributed by atoms with Gasteiger partial charge < -0.3 is 14.2 Å². The van der Waals surface area contributed by atoms with E-state index in [0.29, 0.717) is 5.84 Å². The zero-order chi connectivity index (χ0) is 31.3. The molecule has 1 unspecified atom stereocenters. The number of furan rings is 2. The fourth-order valence-corrected chi connectivity index (χ4v) is 7.84. The molecule has 5 nitrogen and oxygen atoms in total. The normalized spacial score (nSPS) is 15.3. The summed E-state index contributed by atoms with van der Waals surface area (Å²) < 4.78 is 13.0. The lowest BCUT2D eigenvalue weighted by Gasteiger charge is -2.24. The Kier molecular flexibility index (Phi) is 5.10. The SMILES string of the molecule is c1ccc(C2=NC(c3cccc4oc5ccccc5c34)=NC(c3cccc4oc5c6c(ccc5c34)-c3cccc4cccc-6c34)N2)cc1. The topological polar surface area (TPSA) is 63.0 Å². The molecular weight excluding hydrogens is 590 g/mol. The molecule has 5 heteroatoms. The van der Waals surface area contributed by atoms with E-state index in [1.54, 1.807) is 0 Å². The molecule has 0 fully saturated rings. The number of fused-ring (bicyclic) bond motifs is 10. The van der Waals surface area contributed by atoms with Crippen molar-refractivity contribution >= 4 is 66.3 Å². The van der Waals surface area contributed by atoms with Crippen molar-refractivity contribution in [2.75, 3.05) is 0 Å². The Bertz CT molecular complexity index is 2870. The number of hydrogen-bond donors (Lipinski definition) is 1. The molecule has 224 valence electrons. The first-order valence-electron chi connectivity index (χ1n) is 16.2. The van der Waals surface area contributed by atoms with Gasteiger partial charge in [-0.25, -0.2) is 9.98 Å². The fourth-order valence-electron chi connectivity index (χ4n) is 7.84. The van der Waals surface area contributed by atoms with Crippen LogP contribution in [0.25, 0.3) is 76.9 Å². The molecule has 1 aliphatic heterocycles. The number of benzene rings is 7. The van der Waals surface area contributed by atoms with E-state index in [-0.39, 0.29) is 0 Å². The van der Waals surface area contributed by atoms with E-state index in [9.17, 15) is 0 Å². The molecule has 1 aliphatic carbocycles. The van der Waals surface area contributed by atoms with Crippen LogP contribution in [0, 0.1) is 0 Å². The van der Waals surface area contributed by atoms with Gasteiger partial charge in [-0.3, -0.25) is 0 Å². The zero-order valence-corrected chi connectivity index (χ0v) is 25.6. The van der Waals surface area contributed by atoms with Crippen LogP contribution in [0.4, 0.5) is 0 Å². The average molecular weight is 616 g/mol. The Morgan fingerprint density at radius 1 is 0.500 bits per heavy atom. The largest absolute Gasteiger partial charge is 0.456 e. The number of amidine groups is 2. The van der Waals surface area contributed by atoms with Crippen molar-refractivity contribution in [3.05, 3.63) is 156 Å². The average Bonchev–Trinajstić information content (AvgIpc) is 3.82. The van der Waals surface area contributed by atoms with Crippen LogP contribution in [0.2, 0.25) is 0 Å². The molecule has 2 aliphatic rings. The van der Waals surface area contributed by atoms with Gasteiger partial charge in [-0.05, 0) is 51.7 Å². The van der Waals surface area contributed by atoms with Gasteiger partial charge in [0.05, 0.1) is 0 Å². The van der Waals surface area contributed by atoms with E-state index in [1.165, 1.54) is 27.5 Å². The molecule has 3 heterocycles. The monoisotopic (exact) mass is 615 g/mol. The predicted molar refractivity (Wildman–Crippen MR) is 195 cm³/mol. The van der Waals surface area contributed by atoms with Gasteiger partial charge in [0.1, 0.15) is 34.3 Å². The van der Waals surface area contributed by atoms with Crippen molar-refractivity contribution in [3.8, 4) is 22.3 Å². The van der Waals surface area contributed by atoms with Crippen LogP contribution in [0.15, 0.2) is 158 Å². The van der Waals surface area contributed by atoms with Crippen molar-refractivity contribution in [1.29, 1.82) is 0 Å². The van der Waals surface area contributed by atoms with E-state index in [1.807, 2.05) is 48.5 Å². The number of hydrogen-bond acceptors (Lipinski definition) is 5. The maximum absolute atomic E-state index is 6.79. The van der Waals surface area contributed by atoms with Gasteiger partial charge in [-0.1, -0.05) is 115 Å². The highest BCUT2D eigenvalue weighted by atomic mass is 16.3. The van der Waals surface area contributed by atoms with Gasteiger partial charge in [-0.15, -0.1) is 0 Å². The van der Waals surface area contributed by atoms with Gasteiger partial charge in [-0.2, -0.15) is 0 Å². The lowest BCUT2D eigenvalue weighted by atomic mass is 9.98. The molecule has 1 N–H and O–H groups in total. The molecule has 7 aromatic carbocycles. The van der Waals surface area contributed by atoms with Gasteiger partial charge in [0.2, 0.25) is 0 Å². The van der Waals surface area contributed by atoms with Gasteiger partial charge >= 0.3 is 0 Å². The number of nitrogens with zero attached hydrogens (tertiary/aromatic N) is 2. The quantitative estimate of drug-likeness (QED) is 0.215. The van der Waals surface area contributed by atoms with Crippen LogP contribution in [0.1, 0.15) is 22.9 Å². The first kappa shape index (κ1) is 25.7. The van der Waals surface area contributed by atoms with E-state index < -0.39 is 6.17 Å². The second-order valence-corrected chi connectivity index (χ2v) is 12.5. The molecule has 0 bridgehead atoms. The van der Waals surface area contributed by atoms with Crippen LogP contribution < -0.4 is 5.32 Å². The minimum absolute atomic E-state index is 0.417. The summed E-state index contributed by atoms with van der Waals surface area (Å²) in [6, 6.07) is 48.3. The maximum Gasteiger partial charge on any atom is 0.160 e. The second kappa shape index (κ2) is 9.53. The fraction of sp³-hybridized carbons (Fsp3) is 0.0233. The van der Waals surface area contributed by atoms with Gasteiger partial charge in [0.25, 0.3) is 0 Å². The lowest BCUT2D eigenvalue weighted by Crippen LogP contribution is -2.33. The van der Waals surface area contributed by atoms with Crippen LogP contribution in [0.3, 0.4) is 0 Å². The summed E-state index contributed by atoms with van der Waals surface area (Å²) in [6.07, 6.45) is -0.417. The van der Waals surface area contributed by atoms with Gasteiger partial charge in [0.15, 0.2) is 5.84 Å². The zero-order valence-electron chi connectivity index (χ0n) is 25.6. The molecule has 0 amide bonds. The minimum atomic E-state index is -0.417. The number of para-hydroxylation sites is 1. The van der Waals surface area contributed by atoms with Gasteiger partial charge in [0, 0.05) is 43.8 Å². The van der Waals surface area contributed by atoms with Crippen LogP contribution >= 0.6 is 0 Å². The Morgan fingerprint density at radius 3 is 2.12 bits per heavy atom. The molecular formula is C43H25N3O2. The first-order chi connectivity index (χ1) is 23.8. The number of aliphatic imine (C=N–C) groups is 2. The minimum Gasteiger partial charge on any atom is -0.456 e. The van der Waals surface area contributed by atoms with E-state index in [4.69, 9.17) is 18.8 Å². The summed E-state index contributed by atoms with van der Waals surface area (Å²) in [7, 11) is 0. The van der Waals surface area contributed by atoms with Crippen molar-refractivity contribution in [2.45, 2.75) is 6.17 Å². The molecule has 48 heavy (non-hydrogen) atoms. The van der Waals surface area contributed by atoms with Crippen molar-refractivity contribution in [3.63, 3.8) is 0 Å². The summed E-state index contributed by atoms with van der Waals surface area (Å²) in [5.74, 6) is 1.42. The smallest absolute Gasteiger partial charge is 0.160 e. The lowest BCUT2D eigenvalue weighted by molar-refractivity contribution is 0.663. The summed E-state index contributed by atoms with van der Waals surface area (Å²) in [4.78, 5) is 10.5. The second-order valence-electron chi connectivity index (χ2n) is 12.5. The van der Waals surface area contributed by atoms with E-state index in [0.717, 1.165) is 72.0 Å². The van der Waals surface area contributed by atoms with E-state index >= 15 is 0 Å². The highest BCUT2D eigenvalue weighted by Crippen LogP contribution is 2.52. The maximum atomic E-state index is 6.79. The molecule has 0 radical (unpaired) electrons. The summed E-state index contributed by atoms with van der Waals surface area (Å²) in [6.45, 7) is 0. The van der Waals surface area contributed by atoms with E-state index in [2.05, 4.69) is 96.3 Å². The van der Waals surface area contributed by atoms with Crippen LogP contribution in [-0.2, 0) is 0 Å². The molecule has 0 saturated carbocycles. The van der Waals surface area contributed by atoms with Crippen molar-refractivity contribution in [2.24, 2.45) is 9.98 Å². The third kappa shape index (κ3) is 3.50. The Hall–Kier alpha value is -6.46. The molecule has 11 rings (SSSR count). The number of nitrogens with one attached hydrogen (secondary N) is 1. The first-order valence-corrected chi connectivity index (χ1v) is 16.2. The Balaban J connectivity index is 1.15. The highest BCUT2D eigenvalue weighted by molar-refractivity contribution is 6.24. The van der Waals surface area contributed by atoms with Crippen LogP contribution in [-0.4, -0.2) is 11.7 Å². The summed E-state index contributed by atoms with van der Waals surface area (Å²) >= 11 is 0. The molecule has 9 aromatic rings. The standard InChI is InChI=1S/C43H25N3O2/c1-2-10-25(11-3-1)41-44-42(31-17-8-20-34-37(31)28-14-4-5-19-33(28)47-34)46-43(45-41)32-18-9-21-35-38(32)30-23-22-27-26-15-6-12-24-13-7-16-29(36(24)26)39(27)40(30)48-35/h1-23,43H,(H,44,45,46).